The lowest BCUT2D eigenvalue weighted by molar-refractivity contribution is 0.0696. The van der Waals surface area contributed by atoms with E-state index < -0.39 is 5.97 Å². The predicted octanol–water partition coefficient (Wildman–Crippen LogP) is 4.32. The monoisotopic (exact) mass is 361 g/mol. The molecule has 0 aliphatic heterocycles. The van der Waals surface area contributed by atoms with Crippen LogP contribution in [-0.2, 0) is 0 Å². The molecular formula is C17H16BrNO3. The highest BCUT2D eigenvalue weighted by Crippen LogP contribution is 2.23. The second kappa shape index (κ2) is 6.32. The van der Waals surface area contributed by atoms with Crippen molar-refractivity contribution in [1.29, 1.82) is 0 Å². The summed E-state index contributed by atoms with van der Waals surface area (Å²) in [6.45, 7) is 5.56. The van der Waals surface area contributed by atoms with Crippen LogP contribution >= 0.6 is 15.9 Å². The predicted molar refractivity (Wildman–Crippen MR) is 89.7 cm³/mol. The van der Waals surface area contributed by atoms with Gasteiger partial charge in [0.25, 0.3) is 5.91 Å². The molecule has 2 rings (SSSR count). The van der Waals surface area contributed by atoms with Gasteiger partial charge in [-0.25, -0.2) is 4.79 Å². The zero-order valence-electron chi connectivity index (χ0n) is 12.5. The number of halogens is 1. The fourth-order valence-corrected chi connectivity index (χ4v) is 2.49. The van der Waals surface area contributed by atoms with E-state index in [0.717, 1.165) is 15.6 Å². The quantitative estimate of drug-likeness (QED) is 0.854. The van der Waals surface area contributed by atoms with Crippen LogP contribution in [0.5, 0.6) is 0 Å². The largest absolute Gasteiger partial charge is 0.478 e. The van der Waals surface area contributed by atoms with E-state index in [9.17, 15) is 9.59 Å². The van der Waals surface area contributed by atoms with Gasteiger partial charge in [-0.2, -0.15) is 0 Å². The zero-order valence-corrected chi connectivity index (χ0v) is 14.1. The molecular weight excluding hydrogens is 346 g/mol. The maximum atomic E-state index is 12.3. The van der Waals surface area contributed by atoms with Crippen molar-refractivity contribution in [3.05, 3.63) is 62.6 Å². The molecule has 0 radical (unpaired) electrons. The standard InChI is InChI=1S/C17H16BrNO3/c1-9-8-13(4-5-14(9)17(21)22)19-16(20)12-6-10(2)15(18)11(3)7-12/h4-8H,1-3H3,(H,19,20)(H,21,22). The number of anilines is 1. The van der Waals surface area contributed by atoms with Crippen LogP contribution in [0.3, 0.4) is 0 Å². The van der Waals surface area contributed by atoms with Crippen molar-refractivity contribution >= 4 is 33.5 Å². The number of nitrogens with one attached hydrogen (secondary N) is 1. The fraction of sp³-hybridized carbons (Fsp3) is 0.176. The number of carbonyl (C=O) groups excluding carboxylic acids is 1. The van der Waals surface area contributed by atoms with E-state index in [2.05, 4.69) is 21.2 Å². The van der Waals surface area contributed by atoms with Gasteiger partial charge in [-0.05, 0) is 67.8 Å². The number of rotatable bonds is 3. The molecule has 2 N–H and O–H groups in total. The van der Waals surface area contributed by atoms with Crippen LogP contribution in [-0.4, -0.2) is 17.0 Å². The van der Waals surface area contributed by atoms with Crippen molar-refractivity contribution in [2.24, 2.45) is 0 Å². The zero-order chi connectivity index (χ0) is 16.4. The molecule has 0 atom stereocenters. The smallest absolute Gasteiger partial charge is 0.335 e. The summed E-state index contributed by atoms with van der Waals surface area (Å²) in [4.78, 5) is 23.3. The minimum absolute atomic E-state index is 0.221. The van der Waals surface area contributed by atoms with Gasteiger partial charge < -0.3 is 10.4 Å². The molecule has 0 saturated carbocycles. The summed E-state index contributed by atoms with van der Waals surface area (Å²) in [6.07, 6.45) is 0. The van der Waals surface area contributed by atoms with Crippen LogP contribution < -0.4 is 5.32 Å². The maximum absolute atomic E-state index is 12.3. The normalized spacial score (nSPS) is 10.4. The Morgan fingerprint density at radius 2 is 1.59 bits per heavy atom. The summed E-state index contributed by atoms with van der Waals surface area (Å²) in [5.41, 5.74) is 3.95. The van der Waals surface area contributed by atoms with E-state index >= 15 is 0 Å². The van der Waals surface area contributed by atoms with Crippen LogP contribution in [0, 0.1) is 20.8 Å². The van der Waals surface area contributed by atoms with Gasteiger partial charge in [-0.3, -0.25) is 4.79 Å². The van der Waals surface area contributed by atoms with Gasteiger partial charge in [-0.1, -0.05) is 15.9 Å². The van der Waals surface area contributed by atoms with Crippen molar-refractivity contribution in [1.82, 2.24) is 0 Å². The molecule has 0 fully saturated rings. The van der Waals surface area contributed by atoms with E-state index in [4.69, 9.17) is 5.11 Å². The summed E-state index contributed by atoms with van der Waals surface area (Å²) in [6, 6.07) is 8.36. The molecule has 4 nitrogen and oxygen atoms in total. The Bertz CT molecular complexity index is 745. The molecule has 5 heteroatoms. The van der Waals surface area contributed by atoms with Gasteiger partial charge in [0.2, 0.25) is 0 Å². The Morgan fingerprint density at radius 1 is 1.00 bits per heavy atom. The number of amides is 1. The summed E-state index contributed by atoms with van der Waals surface area (Å²) in [5.74, 6) is -1.20. The van der Waals surface area contributed by atoms with Crippen molar-refractivity contribution in [3.8, 4) is 0 Å². The van der Waals surface area contributed by atoms with Crippen molar-refractivity contribution in [2.75, 3.05) is 5.32 Å². The SMILES string of the molecule is Cc1cc(NC(=O)c2cc(C)c(Br)c(C)c2)ccc1C(=O)O. The van der Waals surface area contributed by atoms with Crippen LogP contribution in [0.15, 0.2) is 34.8 Å². The molecule has 0 aromatic heterocycles. The van der Waals surface area contributed by atoms with Gasteiger partial charge in [0.15, 0.2) is 0 Å². The lowest BCUT2D eigenvalue weighted by Crippen LogP contribution is -2.13. The number of benzene rings is 2. The Balaban J connectivity index is 2.26. The number of aromatic carboxylic acids is 1. The highest BCUT2D eigenvalue weighted by atomic mass is 79.9. The third kappa shape index (κ3) is 3.36. The fourth-order valence-electron chi connectivity index (χ4n) is 2.26. The second-order valence-electron chi connectivity index (χ2n) is 5.21. The summed E-state index contributed by atoms with van der Waals surface area (Å²) in [5, 5.41) is 11.8. The number of carbonyl (C=O) groups is 2. The molecule has 114 valence electrons. The minimum atomic E-state index is -0.977. The third-order valence-corrected chi connectivity index (χ3v) is 4.66. The van der Waals surface area contributed by atoms with E-state index in [1.54, 1.807) is 19.1 Å². The molecule has 0 aliphatic carbocycles. The molecule has 2 aromatic carbocycles. The molecule has 22 heavy (non-hydrogen) atoms. The Labute approximate surface area is 137 Å². The van der Waals surface area contributed by atoms with E-state index in [0.29, 0.717) is 16.8 Å². The highest BCUT2D eigenvalue weighted by Gasteiger charge is 2.12. The van der Waals surface area contributed by atoms with E-state index in [1.165, 1.54) is 6.07 Å². The third-order valence-electron chi connectivity index (χ3n) is 3.41. The minimum Gasteiger partial charge on any atom is -0.478 e. The van der Waals surface area contributed by atoms with Gasteiger partial charge in [0.05, 0.1) is 5.56 Å². The molecule has 0 spiro atoms. The molecule has 2 aromatic rings. The lowest BCUT2D eigenvalue weighted by atomic mass is 10.1. The Kier molecular flexibility index (Phi) is 4.66. The van der Waals surface area contributed by atoms with Gasteiger partial charge in [-0.15, -0.1) is 0 Å². The van der Waals surface area contributed by atoms with Crippen LogP contribution in [0.25, 0.3) is 0 Å². The number of carboxylic acid groups (broad SMARTS) is 1. The van der Waals surface area contributed by atoms with Crippen LogP contribution in [0.2, 0.25) is 0 Å². The molecule has 0 aliphatic rings. The molecule has 0 heterocycles. The number of hydrogen-bond donors (Lipinski definition) is 2. The van der Waals surface area contributed by atoms with Crippen LogP contribution in [0.4, 0.5) is 5.69 Å². The highest BCUT2D eigenvalue weighted by molar-refractivity contribution is 9.10. The second-order valence-corrected chi connectivity index (χ2v) is 6.01. The van der Waals surface area contributed by atoms with Crippen molar-refractivity contribution in [3.63, 3.8) is 0 Å². The van der Waals surface area contributed by atoms with Crippen LogP contribution in [0.1, 0.15) is 37.4 Å². The number of carboxylic acids is 1. The number of hydrogen-bond acceptors (Lipinski definition) is 2. The van der Waals surface area contributed by atoms with Gasteiger partial charge in [0.1, 0.15) is 0 Å². The molecule has 1 amide bonds. The lowest BCUT2D eigenvalue weighted by Gasteiger charge is -2.10. The maximum Gasteiger partial charge on any atom is 0.335 e. The first-order valence-electron chi connectivity index (χ1n) is 6.71. The summed E-state index contributed by atoms with van der Waals surface area (Å²) in [7, 11) is 0. The average molecular weight is 362 g/mol. The summed E-state index contributed by atoms with van der Waals surface area (Å²) < 4.78 is 0.991. The molecule has 0 unspecified atom stereocenters. The van der Waals surface area contributed by atoms with Crippen molar-refractivity contribution in [2.45, 2.75) is 20.8 Å². The average Bonchev–Trinajstić information content (AvgIpc) is 2.43. The van der Waals surface area contributed by atoms with E-state index in [1.807, 2.05) is 26.0 Å². The number of aryl methyl sites for hydroxylation is 3. The Hall–Kier alpha value is -2.14. The van der Waals surface area contributed by atoms with Gasteiger partial charge in [0, 0.05) is 15.7 Å². The molecule has 0 saturated heterocycles. The van der Waals surface area contributed by atoms with E-state index in [-0.39, 0.29) is 11.5 Å². The topological polar surface area (TPSA) is 66.4 Å². The van der Waals surface area contributed by atoms with Gasteiger partial charge >= 0.3 is 5.97 Å². The Morgan fingerprint density at radius 3 is 2.09 bits per heavy atom. The first kappa shape index (κ1) is 16.2. The summed E-state index contributed by atoms with van der Waals surface area (Å²) >= 11 is 3.47. The first-order chi connectivity index (χ1) is 10.3. The molecule has 0 bridgehead atoms. The van der Waals surface area contributed by atoms with Crippen molar-refractivity contribution < 1.29 is 14.7 Å². The first-order valence-corrected chi connectivity index (χ1v) is 7.51.